The normalized spacial score (nSPS) is 14.1. The number of methoxy groups -OCH3 is 1. The number of benzene rings is 1. The fourth-order valence-electron chi connectivity index (χ4n) is 1.54. The van der Waals surface area contributed by atoms with Crippen molar-refractivity contribution in [3.05, 3.63) is 35.9 Å². The Hall–Kier alpha value is -2.09. The summed E-state index contributed by atoms with van der Waals surface area (Å²) in [6.07, 6.45) is -5.18. The van der Waals surface area contributed by atoms with Gasteiger partial charge in [0.15, 0.2) is 0 Å². The number of ether oxygens (including phenoxy) is 2. The van der Waals surface area contributed by atoms with E-state index in [2.05, 4.69) is 9.47 Å². The lowest BCUT2D eigenvalue weighted by atomic mass is 10.1. The zero-order valence-corrected chi connectivity index (χ0v) is 11.4. The third kappa shape index (κ3) is 3.52. The molecule has 116 valence electrons. The Morgan fingerprint density at radius 3 is 2.19 bits per heavy atom. The van der Waals surface area contributed by atoms with Crippen LogP contribution in [0, 0.1) is 0 Å². The molecule has 1 aromatic rings. The zero-order valence-electron chi connectivity index (χ0n) is 11.4. The molecule has 5 nitrogen and oxygen atoms in total. The highest BCUT2D eigenvalue weighted by molar-refractivity contribution is 5.97. The van der Waals surface area contributed by atoms with Gasteiger partial charge in [-0.15, -0.1) is 0 Å². The van der Waals surface area contributed by atoms with E-state index in [-0.39, 0.29) is 12.2 Å². The van der Waals surface area contributed by atoms with E-state index in [0.29, 0.717) is 7.11 Å². The molecule has 0 aromatic heterocycles. The highest BCUT2D eigenvalue weighted by Crippen LogP contribution is 2.32. The predicted molar refractivity (Wildman–Crippen MR) is 66.3 cm³/mol. The summed E-state index contributed by atoms with van der Waals surface area (Å²) in [5.74, 6) is -2.84. The smallest absolute Gasteiger partial charge is 0.448 e. The number of amides is 1. The van der Waals surface area contributed by atoms with Gasteiger partial charge in [-0.05, 0) is 19.1 Å². The number of alkyl halides is 3. The van der Waals surface area contributed by atoms with Crippen molar-refractivity contribution in [2.45, 2.75) is 18.8 Å². The summed E-state index contributed by atoms with van der Waals surface area (Å²) in [4.78, 5) is 23.5. The van der Waals surface area contributed by atoms with Crippen LogP contribution in [0.2, 0.25) is 0 Å². The second-order valence-corrected chi connectivity index (χ2v) is 3.92. The van der Waals surface area contributed by atoms with Crippen molar-refractivity contribution >= 4 is 11.9 Å². The van der Waals surface area contributed by atoms with Crippen molar-refractivity contribution in [1.29, 1.82) is 0 Å². The minimum Gasteiger partial charge on any atom is -0.462 e. The molecule has 0 fully saturated rings. The first-order chi connectivity index (χ1) is 9.78. The standard InChI is InChI=1S/C13H14F3NO4/c1-3-21-11(19)12(20-2,13(14,15)16)17-10(18)9-7-5-4-6-8-9/h4-8H,3H2,1-2H3,(H,17,18)/t12-/m0/s1. The van der Waals surface area contributed by atoms with Crippen LogP contribution in [0.1, 0.15) is 17.3 Å². The molecule has 1 aromatic carbocycles. The molecule has 0 aliphatic rings. The van der Waals surface area contributed by atoms with Crippen molar-refractivity contribution in [2.75, 3.05) is 13.7 Å². The first-order valence-electron chi connectivity index (χ1n) is 5.95. The maximum absolute atomic E-state index is 13.2. The van der Waals surface area contributed by atoms with E-state index in [1.807, 2.05) is 0 Å². The molecule has 0 aliphatic heterocycles. The second kappa shape index (κ2) is 6.57. The molecule has 0 radical (unpaired) electrons. The molecule has 1 atom stereocenters. The average Bonchev–Trinajstić information content (AvgIpc) is 2.44. The van der Waals surface area contributed by atoms with Crippen molar-refractivity contribution in [2.24, 2.45) is 0 Å². The van der Waals surface area contributed by atoms with Crippen LogP contribution in [-0.4, -0.2) is 37.5 Å². The average molecular weight is 305 g/mol. The number of carbonyl (C=O) groups is 2. The van der Waals surface area contributed by atoms with E-state index in [4.69, 9.17) is 0 Å². The lowest BCUT2D eigenvalue weighted by molar-refractivity contribution is -0.277. The minimum atomic E-state index is -5.18. The second-order valence-electron chi connectivity index (χ2n) is 3.92. The highest BCUT2D eigenvalue weighted by atomic mass is 19.4. The van der Waals surface area contributed by atoms with E-state index in [9.17, 15) is 22.8 Å². The van der Waals surface area contributed by atoms with Gasteiger partial charge in [-0.3, -0.25) is 4.79 Å². The van der Waals surface area contributed by atoms with Crippen LogP contribution in [0.4, 0.5) is 13.2 Å². The molecular formula is C13H14F3NO4. The molecule has 0 spiro atoms. The van der Waals surface area contributed by atoms with Gasteiger partial charge >= 0.3 is 17.9 Å². The molecule has 0 heterocycles. The van der Waals surface area contributed by atoms with Gasteiger partial charge in [0, 0.05) is 12.7 Å². The number of hydrogen-bond donors (Lipinski definition) is 1. The van der Waals surface area contributed by atoms with Gasteiger partial charge in [-0.25, -0.2) is 4.79 Å². The lowest BCUT2D eigenvalue weighted by Crippen LogP contribution is -2.65. The molecule has 0 bridgehead atoms. The first-order valence-corrected chi connectivity index (χ1v) is 5.95. The molecule has 1 amide bonds. The van der Waals surface area contributed by atoms with Crippen molar-refractivity contribution in [3.63, 3.8) is 0 Å². The third-order valence-electron chi connectivity index (χ3n) is 2.59. The molecule has 8 heteroatoms. The topological polar surface area (TPSA) is 64.6 Å². The van der Waals surface area contributed by atoms with Crippen molar-refractivity contribution < 1.29 is 32.2 Å². The third-order valence-corrected chi connectivity index (χ3v) is 2.59. The molecular weight excluding hydrogens is 291 g/mol. The number of esters is 1. The first kappa shape index (κ1) is 17.0. The molecule has 1 N–H and O–H groups in total. The van der Waals surface area contributed by atoms with Gasteiger partial charge in [0.05, 0.1) is 6.61 Å². The van der Waals surface area contributed by atoms with E-state index >= 15 is 0 Å². The molecule has 0 saturated carbocycles. The van der Waals surface area contributed by atoms with Crippen LogP contribution in [0.25, 0.3) is 0 Å². The number of carbonyl (C=O) groups excluding carboxylic acids is 2. The summed E-state index contributed by atoms with van der Waals surface area (Å²) in [5, 5.41) is 1.56. The molecule has 0 aliphatic carbocycles. The summed E-state index contributed by atoms with van der Waals surface area (Å²) in [6.45, 7) is 1.05. The summed E-state index contributed by atoms with van der Waals surface area (Å²) in [5.41, 5.74) is -3.59. The molecule has 1 rings (SSSR count). The zero-order chi connectivity index (χ0) is 16.1. The van der Waals surface area contributed by atoms with Crippen molar-refractivity contribution in [3.8, 4) is 0 Å². The van der Waals surface area contributed by atoms with Crippen LogP contribution in [0.5, 0.6) is 0 Å². The van der Waals surface area contributed by atoms with Crippen LogP contribution in [0.3, 0.4) is 0 Å². The summed E-state index contributed by atoms with van der Waals surface area (Å²) >= 11 is 0. The van der Waals surface area contributed by atoms with E-state index in [1.165, 1.54) is 31.2 Å². The fraction of sp³-hybridized carbons (Fsp3) is 0.385. The SMILES string of the molecule is CCOC(=O)[C@](NC(=O)c1ccccc1)(OC)C(F)(F)F. The van der Waals surface area contributed by atoms with Gasteiger partial charge < -0.3 is 14.8 Å². The predicted octanol–water partition coefficient (Wildman–Crippen LogP) is 1.88. The maximum Gasteiger partial charge on any atom is 0.448 e. The summed E-state index contributed by atoms with van der Waals surface area (Å²) < 4.78 is 48.2. The monoisotopic (exact) mass is 305 g/mol. The largest absolute Gasteiger partial charge is 0.462 e. The van der Waals surface area contributed by atoms with E-state index in [1.54, 1.807) is 11.4 Å². The molecule has 0 unspecified atom stereocenters. The number of halogens is 3. The van der Waals surface area contributed by atoms with Gasteiger partial charge in [-0.2, -0.15) is 13.2 Å². The Kier molecular flexibility index (Phi) is 5.31. The Balaban J connectivity index is 3.14. The Labute approximate surface area is 119 Å². The van der Waals surface area contributed by atoms with E-state index < -0.39 is 23.8 Å². The Morgan fingerprint density at radius 1 is 1.19 bits per heavy atom. The van der Waals surface area contributed by atoms with Gasteiger partial charge in [-0.1, -0.05) is 18.2 Å². The van der Waals surface area contributed by atoms with Crippen molar-refractivity contribution in [1.82, 2.24) is 5.32 Å². The van der Waals surface area contributed by atoms with Gasteiger partial charge in [0.2, 0.25) is 0 Å². The van der Waals surface area contributed by atoms with Crippen LogP contribution in [-0.2, 0) is 14.3 Å². The van der Waals surface area contributed by atoms with Gasteiger partial charge in [0.25, 0.3) is 5.91 Å². The summed E-state index contributed by atoms with van der Waals surface area (Å²) in [6, 6.07) is 7.15. The highest BCUT2D eigenvalue weighted by Gasteiger charge is 2.64. The molecule has 21 heavy (non-hydrogen) atoms. The lowest BCUT2D eigenvalue weighted by Gasteiger charge is -2.32. The quantitative estimate of drug-likeness (QED) is 0.666. The van der Waals surface area contributed by atoms with Crippen LogP contribution >= 0.6 is 0 Å². The van der Waals surface area contributed by atoms with Crippen LogP contribution < -0.4 is 5.32 Å². The van der Waals surface area contributed by atoms with Gasteiger partial charge in [0.1, 0.15) is 0 Å². The van der Waals surface area contributed by atoms with Crippen LogP contribution in [0.15, 0.2) is 30.3 Å². The summed E-state index contributed by atoms with van der Waals surface area (Å²) in [7, 11) is 0.662. The minimum absolute atomic E-state index is 0.0486. The number of rotatable bonds is 5. The molecule has 0 saturated heterocycles. The Bertz CT molecular complexity index is 504. The Morgan fingerprint density at radius 2 is 1.76 bits per heavy atom. The van der Waals surface area contributed by atoms with E-state index in [0.717, 1.165) is 0 Å². The fourth-order valence-corrected chi connectivity index (χ4v) is 1.54. The maximum atomic E-state index is 13.2. The number of nitrogens with one attached hydrogen (secondary N) is 1. The number of hydrogen-bond acceptors (Lipinski definition) is 4.